The minimum absolute atomic E-state index is 0.638. The molecule has 18 heavy (non-hydrogen) atoms. The molecule has 1 unspecified atom stereocenters. The van der Waals surface area contributed by atoms with E-state index in [1.165, 1.54) is 42.6 Å². The summed E-state index contributed by atoms with van der Waals surface area (Å²) in [4.78, 5) is 4.71. The highest BCUT2D eigenvalue weighted by atomic mass is 15.1. The van der Waals surface area contributed by atoms with E-state index in [-0.39, 0.29) is 0 Å². The second kappa shape index (κ2) is 4.42. The van der Waals surface area contributed by atoms with Crippen molar-refractivity contribution >= 4 is 11.0 Å². The van der Waals surface area contributed by atoms with Crippen LogP contribution in [0.25, 0.3) is 11.0 Å². The van der Waals surface area contributed by atoms with Crippen LogP contribution >= 0.6 is 0 Å². The number of imidazole rings is 1. The van der Waals surface area contributed by atoms with Crippen LogP contribution < -0.4 is 0 Å². The Kier molecular flexibility index (Phi) is 2.89. The Morgan fingerprint density at radius 3 is 2.78 bits per heavy atom. The molecule has 2 heteroatoms. The summed E-state index contributed by atoms with van der Waals surface area (Å²) in [5.41, 5.74) is 3.95. The van der Waals surface area contributed by atoms with Crippen LogP contribution in [0.1, 0.15) is 62.9 Å². The van der Waals surface area contributed by atoms with Crippen molar-refractivity contribution in [2.45, 2.75) is 58.4 Å². The maximum absolute atomic E-state index is 4.71. The molecule has 1 aliphatic carbocycles. The first kappa shape index (κ1) is 11.8. The predicted octanol–water partition coefficient (Wildman–Crippen LogP) is 4.58. The fourth-order valence-electron chi connectivity index (χ4n) is 2.88. The van der Waals surface area contributed by atoms with Crippen molar-refractivity contribution in [3.63, 3.8) is 0 Å². The molecule has 1 aromatic heterocycles. The van der Waals surface area contributed by atoms with Gasteiger partial charge in [-0.15, -0.1) is 0 Å². The second-order valence-corrected chi connectivity index (χ2v) is 5.67. The minimum atomic E-state index is 0.638. The van der Waals surface area contributed by atoms with Crippen molar-refractivity contribution < 1.29 is 0 Å². The zero-order valence-electron chi connectivity index (χ0n) is 11.6. The van der Waals surface area contributed by atoms with Gasteiger partial charge in [-0.05, 0) is 56.2 Å². The Morgan fingerprint density at radius 2 is 2.17 bits per heavy atom. The molecule has 1 atom stereocenters. The highest BCUT2D eigenvalue weighted by Crippen LogP contribution is 2.36. The zero-order valence-corrected chi connectivity index (χ0v) is 11.6. The van der Waals surface area contributed by atoms with Crippen molar-refractivity contribution in [2.75, 3.05) is 0 Å². The van der Waals surface area contributed by atoms with Crippen LogP contribution in [0, 0.1) is 6.92 Å². The minimum Gasteiger partial charge on any atom is -0.325 e. The van der Waals surface area contributed by atoms with Crippen LogP contribution in [0.15, 0.2) is 18.2 Å². The van der Waals surface area contributed by atoms with Crippen molar-refractivity contribution in [1.82, 2.24) is 9.55 Å². The quantitative estimate of drug-likeness (QED) is 0.770. The van der Waals surface area contributed by atoms with E-state index >= 15 is 0 Å². The topological polar surface area (TPSA) is 17.8 Å². The van der Waals surface area contributed by atoms with E-state index in [0.717, 1.165) is 5.52 Å². The van der Waals surface area contributed by atoms with Crippen LogP contribution in [0.5, 0.6) is 0 Å². The smallest absolute Gasteiger partial charge is 0.106 e. The zero-order chi connectivity index (χ0) is 12.7. The summed E-state index contributed by atoms with van der Waals surface area (Å²) in [5, 5.41) is 0. The van der Waals surface area contributed by atoms with Gasteiger partial charge in [0, 0.05) is 6.04 Å². The van der Waals surface area contributed by atoms with E-state index in [1.54, 1.807) is 0 Å². The molecule has 0 N–H and O–H groups in total. The van der Waals surface area contributed by atoms with Gasteiger partial charge >= 0.3 is 0 Å². The van der Waals surface area contributed by atoms with Gasteiger partial charge in [-0.1, -0.05) is 19.9 Å². The van der Waals surface area contributed by atoms with Crippen LogP contribution in [-0.4, -0.2) is 9.55 Å². The molecule has 2 aromatic rings. The molecule has 0 aliphatic heterocycles. The molecule has 2 nitrogen and oxygen atoms in total. The van der Waals surface area contributed by atoms with Crippen LogP contribution in [0.4, 0.5) is 0 Å². The SMILES string of the molecule is CCC(C)c1ccc2nc(C)n(C3CCC3)c2c1. The number of aromatic nitrogens is 2. The molecule has 1 aromatic carbocycles. The molecule has 0 saturated heterocycles. The summed E-state index contributed by atoms with van der Waals surface area (Å²) in [6.45, 7) is 6.70. The average Bonchev–Trinajstić information content (AvgIpc) is 2.63. The first-order valence-electron chi connectivity index (χ1n) is 7.19. The highest BCUT2D eigenvalue weighted by molar-refractivity contribution is 5.77. The molecular formula is C16H22N2. The van der Waals surface area contributed by atoms with Crippen molar-refractivity contribution in [3.05, 3.63) is 29.6 Å². The summed E-state index contributed by atoms with van der Waals surface area (Å²) in [5.74, 6) is 1.82. The van der Waals surface area contributed by atoms with Crippen molar-refractivity contribution in [2.24, 2.45) is 0 Å². The summed E-state index contributed by atoms with van der Waals surface area (Å²) < 4.78 is 2.46. The van der Waals surface area contributed by atoms with Gasteiger partial charge in [0.05, 0.1) is 11.0 Å². The number of hydrogen-bond donors (Lipinski definition) is 0. The summed E-state index contributed by atoms with van der Waals surface area (Å²) >= 11 is 0. The number of fused-ring (bicyclic) bond motifs is 1. The van der Waals surface area contributed by atoms with Crippen LogP contribution in [0.2, 0.25) is 0 Å². The molecule has 1 saturated carbocycles. The summed E-state index contributed by atoms with van der Waals surface area (Å²) in [6, 6.07) is 7.50. The largest absolute Gasteiger partial charge is 0.325 e. The van der Waals surface area contributed by atoms with Gasteiger partial charge in [-0.25, -0.2) is 4.98 Å². The lowest BCUT2D eigenvalue weighted by Crippen LogP contribution is -2.18. The third kappa shape index (κ3) is 1.75. The van der Waals surface area contributed by atoms with E-state index in [2.05, 4.69) is 43.5 Å². The maximum atomic E-state index is 4.71. The van der Waals surface area contributed by atoms with Gasteiger partial charge in [-0.2, -0.15) is 0 Å². The van der Waals surface area contributed by atoms with E-state index in [9.17, 15) is 0 Å². The van der Waals surface area contributed by atoms with Gasteiger partial charge in [0.15, 0.2) is 0 Å². The van der Waals surface area contributed by atoms with Crippen molar-refractivity contribution in [3.8, 4) is 0 Å². The summed E-state index contributed by atoms with van der Waals surface area (Å²) in [7, 11) is 0. The maximum Gasteiger partial charge on any atom is 0.106 e. The van der Waals surface area contributed by atoms with Crippen LogP contribution in [-0.2, 0) is 0 Å². The fraction of sp³-hybridized carbons (Fsp3) is 0.562. The molecule has 0 spiro atoms. The Labute approximate surface area is 109 Å². The number of benzene rings is 1. The first-order valence-corrected chi connectivity index (χ1v) is 7.19. The molecule has 0 amide bonds. The van der Waals surface area contributed by atoms with Gasteiger partial charge in [0.25, 0.3) is 0 Å². The molecule has 1 aliphatic rings. The fourth-order valence-corrected chi connectivity index (χ4v) is 2.88. The highest BCUT2D eigenvalue weighted by Gasteiger charge is 2.23. The third-order valence-electron chi connectivity index (χ3n) is 4.51. The van der Waals surface area contributed by atoms with E-state index in [1.807, 2.05) is 0 Å². The summed E-state index contributed by atoms with van der Waals surface area (Å²) in [6.07, 6.45) is 5.20. The standard InChI is InChI=1S/C16H22N2/c1-4-11(2)13-8-9-15-16(10-13)18(12(3)17-15)14-6-5-7-14/h8-11,14H,4-7H2,1-3H3. The third-order valence-corrected chi connectivity index (χ3v) is 4.51. The van der Waals surface area contributed by atoms with Crippen LogP contribution in [0.3, 0.4) is 0 Å². The van der Waals surface area contributed by atoms with E-state index in [0.29, 0.717) is 12.0 Å². The molecule has 1 fully saturated rings. The Balaban J connectivity index is 2.12. The Hall–Kier alpha value is -1.31. The molecular weight excluding hydrogens is 220 g/mol. The average molecular weight is 242 g/mol. The molecule has 1 heterocycles. The lowest BCUT2D eigenvalue weighted by Gasteiger charge is -2.28. The lowest BCUT2D eigenvalue weighted by molar-refractivity contribution is 0.316. The number of aryl methyl sites for hydroxylation is 1. The molecule has 3 rings (SSSR count). The van der Waals surface area contributed by atoms with Gasteiger partial charge in [-0.3, -0.25) is 0 Å². The lowest BCUT2D eigenvalue weighted by atomic mass is 9.92. The van der Waals surface area contributed by atoms with Gasteiger partial charge < -0.3 is 4.57 Å². The molecule has 0 bridgehead atoms. The van der Waals surface area contributed by atoms with Gasteiger partial charge in [0.1, 0.15) is 5.82 Å². The molecule has 96 valence electrons. The normalized spacial score (nSPS) is 17.9. The first-order chi connectivity index (χ1) is 8.70. The predicted molar refractivity (Wildman–Crippen MR) is 76.1 cm³/mol. The van der Waals surface area contributed by atoms with Gasteiger partial charge in [0.2, 0.25) is 0 Å². The Morgan fingerprint density at radius 1 is 1.39 bits per heavy atom. The van der Waals surface area contributed by atoms with E-state index in [4.69, 9.17) is 4.98 Å². The van der Waals surface area contributed by atoms with Crippen molar-refractivity contribution in [1.29, 1.82) is 0 Å². The number of nitrogens with zero attached hydrogens (tertiary/aromatic N) is 2. The Bertz CT molecular complexity index is 564. The number of hydrogen-bond acceptors (Lipinski definition) is 1. The monoisotopic (exact) mass is 242 g/mol. The molecule has 0 radical (unpaired) electrons. The number of rotatable bonds is 3. The second-order valence-electron chi connectivity index (χ2n) is 5.67. The van der Waals surface area contributed by atoms with E-state index < -0.39 is 0 Å².